The predicted molar refractivity (Wildman–Crippen MR) is 57.1 cm³/mol. The third-order valence-electron chi connectivity index (χ3n) is 2.07. The number of carbonyl (C=O) groups is 1. The molecule has 2 aromatic rings. The second-order valence-electron chi connectivity index (χ2n) is 3.34. The van der Waals surface area contributed by atoms with Crippen molar-refractivity contribution in [3.05, 3.63) is 21.7 Å². The van der Waals surface area contributed by atoms with E-state index in [2.05, 4.69) is 19.9 Å². The van der Waals surface area contributed by atoms with Gasteiger partial charge in [-0.2, -0.15) is 4.98 Å². The van der Waals surface area contributed by atoms with Crippen LogP contribution in [-0.2, 0) is 0 Å². The molecule has 0 radical (unpaired) electrons. The standard InChI is InChI=1S/C9H9N5O2/c1-3-5(4(2)15)12-6-7(11-3)13-9(10)14-8(6)16/h1-2H3,(H3,10,11,13,14,16). The van der Waals surface area contributed by atoms with Crippen LogP contribution in [0, 0.1) is 6.92 Å². The van der Waals surface area contributed by atoms with Gasteiger partial charge >= 0.3 is 0 Å². The van der Waals surface area contributed by atoms with Crippen LogP contribution in [0.15, 0.2) is 4.79 Å². The number of ketones is 1. The van der Waals surface area contributed by atoms with Crippen LogP contribution < -0.4 is 11.3 Å². The minimum Gasteiger partial charge on any atom is -0.369 e. The molecule has 16 heavy (non-hydrogen) atoms. The first kappa shape index (κ1) is 10.2. The van der Waals surface area contributed by atoms with Crippen molar-refractivity contribution >= 4 is 22.9 Å². The van der Waals surface area contributed by atoms with Gasteiger partial charge in [0, 0.05) is 6.92 Å². The maximum absolute atomic E-state index is 11.5. The Hall–Kier alpha value is -2.31. The number of anilines is 1. The molecule has 0 fully saturated rings. The Bertz CT molecular complexity index is 646. The van der Waals surface area contributed by atoms with Crippen LogP contribution in [0.3, 0.4) is 0 Å². The van der Waals surface area contributed by atoms with Gasteiger partial charge in [-0.3, -0.25) is 14.6 Å². The topological polar surface area (TPSA) is 115 Å². The highest BCUT2D eigenvalue weighted by molar-refractivity contribution is 5.94. The first-order valence-electron chi connectivity index (χ1n) is 4.54. The monoisotopic (exact) mass is 219 g/mol. The zero-order valence-corrected chi connectivity index (χ0v) is 8.74. The van der Waals surface area contributed by atoms with Gasteiger partial charge in [0.25, 0.3) is 5.56 Å². The molecule has 0 aliphatic heterocycles. The third kappa shape index (κ3) is 1.52. The van der Waals surface area contributed by atoms with Gasteiger partial charge in [-0.05, 0) is 6.92 Å². The van der Waals surface area contributed by atoms with Crippen molar-refractivity contribution in [3.8, 4) is 0 Å². The molecule has 2 rings (SSSR count). The molecule has 2 aromatic heterocycles. The number of aromatic amines is 1. The van der Waals surface area contributed by atoms with Crippen molar-refractivity contribution in [1.82, 2.24) is 19.9 Å². The Labute approximate surface area is 89.7 Å². The number of carbonyl (C=O) groups excluding carboxylic acids is 1. The Morgan fingerprint density at radius 1 is 1.31 bits per heavy atom. The molecular formula is C9H9N5O2. The molecule has 2 heterocycles. The summed E-state index contributed by atoms with van der Waals surface area (Å²) in [6.07, 6.45) is 0. The molecule has 0 bridgehead atoms. The summed E-state index contributed by atoms with van der Waals surface area (Å²) in [5.41, 5.74) is 5.63. The first-order chi connectivity index (χ1) is 7.49. The smallest absolute Gasteiger partial charge is 0.280 e. The zero-order chi connectivity index (χ0) is 11.9. The molecule has 0 aliphatic carbocycles. The summed E-state index contributed by atoms with van der Waals surface area (Å²) >= 11 is 0. The number of rotatable bonds is 1. The van der Waals surface area contributed by atoms with Crippen molar-refractivity contribution in [1.29, 1.82) is 0 Å². The van der Waals surface area contributed by atoms with E-state index in [1.807, 2.05) is 0 Å². The lowest BCUT2D eigenvalue weighted by atomic mass is 10.2. The third-order valence-corrected chi connectivity index (χ3v) is 2.07. The van der Waals surface area contributed by atoms with Crippen molar-refractivity contribution in [2.75, 3.05) is 5.73 Å². The van der Waals surface area contributed by atoms with E-state index in [1.165, 1.54) is 6.92 Å². The predicted octanol–water partition coefficient (Wildman–Crippen LogP) is -0.194. The number of nitrogens with zero attached hydrogens (tertiary/aromatic N) is 3. The van der Waals surface area contributed by atoms with Crippen molar-refractivity contribution in [2.24, 2.45) is 0 Å². The van der Waals surface area contributed by atoms with Crippen LogP contribution in [0.5, 0.6) is 0 Å². The fourth-order valence-electron chi connectivity index (χ4n) is 1.39. The van der Waals surface area contributed by atoms with Gasteiger partial charge in [-0.25, -0.2) is 9.97 Å². The Balaban J connectivity index is 2.90. The summed E-state index contributed by atoms with van der Waals surface area (Å²) in [6, 6.07) is 0. The van der Waals surface area contributed by atoms with E-state index >= 15 is 0 Å². The average molecular weight is 219 g/mol. The highest BCUT2D eigenvalue weighted by atomic mass is 16.1. The number of aryl methyl sites for hydroxylation is 1. The van der Waals surface area contributed by atoms with Gasteiger partial charge in [-0.1, -0.05) is 0 Å². The highest BCUT2D eigenvalue weighted by Crippen LogP contribution is 2.08. The van der Waals surface area contributed by atoms with E-state index in [4.69, 9.17) is 5.73 Å². The fraction of sp³-hybridized carbons (Fsp3) is 0.222. The minimum atomic E-state index is -0.502. The number of nitrogens with one attached hydrogen (secondary N) is 1. The maximum atomic E-state index is 11.5. The molecule has 0 aromatic carbocycles. The van der Waals surface area contributed by atoms with Crippen molar-refractivity contribution in [3.63, 3.8) is 0 Å². The normalized spacial score (nSPS) is 10.6. The molecule has 7 heteroatoms. The van der Waals surface area contributed by atoms with Gasteiger partial charge < -0.3 is 5.73 Å². The van der Waals surface area contributed by atoms with E-state index < -0.39 is 5.56 Å². The zero-order valence-electron chi connectivity index (χ0n) is 8.74. The van der Waals surface area contributed by atoms with E-state index in [0.717, 1.165) is 0 Å². The number of hydrogen-bond donors (Lipinski definition) is 2. The van der Waals surface area contributed by atoms with Gasteiger partial charge in [-0.15, -0.1) is 0 Å². The molecule has 0 saturated heterocycles. The lowest BCUT2D eigenvalue weighted by Crippen LogP contribution is -2.16. The second-order valence-corrected chi connectivity index (χ2v) is 3.34. The van der Waals surface area contributed by atoms with E-state index in [-0.39, 0.29) is 28.6 Å². The summed E-state index contributed by atoms with van der Waals surface area (Å²) in [6.45, 7) is 2.99. The molecule has 7 nitrogen and oxygen atoms in total. The van der Waals surface area contributed by atoms with Crippen LogP contribution in [-0.4, -0.2) is 25.7 Å². The molecule has 0 spiro atoms. The summed E-state index contributed by atoms with van der Waals surface area (Å²) in [5.74, 6) is -0.273. The number of aromatic nitrogens is 4. The molecule has 0 aliphatic rings. The number of nitrogens with two attached hydrogens (primary N) is 1. The number of fused-ring (bicyclic) bond motifs is 1. The summed E-state index contributed by atoms with van der Waals surface area (Å²) in [5, 5.41) is 0. The van der Waals surface area contributed by atoms with E-state index in [9.17, 15) is 9.59 Å². The summed E-state index contributed by atoms with van der Waals surface area (Å²) in [7, 11) is 0. The maximum Gasteiger partial charge on any atom is 0.280 e. The molecule has 82 valence electrons. The molecule has 0 saturated carbocycles. The number of H-pyrrole nitrogens is 1. The van der Waals surface area contributed by atoms with E-state index in [1.54, 1.807) is 6.92 Å². The first-order valence-corrected chi connectivity index (χ1v) is 4.54. The molecular weight excluding hydrogens is 210 g/mol. The highest BCUT2D eigenvalue weighted by Gasteiger charge is 2.12. The molecule has 0 amide bonds. The van der Waals surface area contributed by atoms with Gasteiger partial charge in [0.2, 0.25) is 5.95 Å². The molecule has 0 atom stereocenters. The molecule has 3 N–H and O–H groups in total. The summed E-state index contributed by atoms with van der Waals surface area (Å²) in [4.78, 5) is 36.8. The lowest BCUT2D eigenvalue weighted by Gasteiger charge is -2.02. The van der Waals surface area contributed by atoms with E-state index in [0.29, 0.717) is 5.69 Å². The SMILES string of the molecule is CC(=O)c1nc2c(=O)[nH]c(N)nc2nc1C. The van der Waals surface area contributed by atoms with Crippen molar-refractivity contribution < 1.29 is 4.79 Å². The van der Waals surface area contributed by atoms with Gasteiger partial charge in [0.05, 0.1) is 5.69 Å². The Morgan fingerprint density at radius 3 is 2.62 bits per heavy atom. The quantitative estimate of drug-likeness (QED) is 0.642. The van der Waals surface area contributed by atoms with Crippen LogP contribution in [0.2, 0.25) is 0 Å². The summed E-state index contributed by atoms with van der Waals surface area (Å²) < 4.78 is 0. The Kier molecular flexibility index (Phi) is 2.15. The van der Waals surface area contributed by atoms with Crippen LogP contribution in [0.1, 0.15) is 23.1 Å². The van der Waals surface area contributed by atoms with Gasteiger partial charge in [0.1, 0.15) is 5.69 Å². The van der Waals surface area contributed by atoms with Gasteiger partial charge in [0.15, 0.2) is 16.9 Å². The lowest BCUT2D eigenvalue weighted by molar-refractivity contribution is 0.101. The molecule has 0 unspecified atom stereocenters. The number of hydrogen-bond acceptors (Lipinski definition) is 6. The minimum absolute atomic E-state index is 0.0185. The number of Topliss-reactive ketones (excluding diaryl/α,β-unsaturated/α-hetero) is 1. The van der Waals surface area contributed by atoms with Crippen LogP contribution in [0.4, 0.5) is 5.95 Å². The second kappa shape index (κ2) is 3.37. The average Bonchev–Trinajstić information content (AvgIpc) is 2.15. The van der Waals surface area contributed by atoms with Crippen molar-refractivity contribution in [2.45, 2.75) is 13.8 Å². The largest absolute Gasteiger partial charge is 0.369 e. The Morgan fingerprint density at radius 2 is 2.00 bits per heavy atom. The van der Waals surface area contributed by atoms with Crippen LogP contribution in [0.25, 0.3) is 11.2 Å². The van der Waals surface area contributed by atoms with Crippen LogP contribution >= 0.6 is 0 Å². The number of nitrogen functional groups attached to an aromatic ring is 1. The fourth-order valence-corrected chi connectivity index (χ4v) is 1.39.